The number of nitrogens with zero attached hydrogens (tertiary/aromatic N) is 1. The van der Waals surface area contributed by atoms with Gasteiger partial charge in [-0.05, 0) is 38.3 Å². The standard InChI is InChI=1S/C19H27NO5/c1-4-17(25-16-8-6-7-15(13-16)23-3)18(21)20-11-9-14(10-12-20)19(22)24-5-2/h6-8,13-14,17H,4-5,9-12H2,1-3H3/t17-/m0/s1. The molecule has 1 heterocycles. The van der Waals surface area contributed by atoms with Gasteiger partial charge in [-0.2, -0.15) is 0 Å². The van der Waals surface area contributed by atoms with Gasteiger partial charge < -0.3 is 19.1 Å². The van der Waals surface area contributed by atoms with Gasteiger partial charge in [0.15, 0.2) is 6.10 Å². The molecule has 6 heteroatoms. The lowest BCUT2D eigenvalue weighted by molar-refractivity contribution is -0.152. The van der Waals surface area contributed by atoms with E-state index in [0.717, 1.165) is 0 Å². The lowest BCUT2D eigenvalue weighted by Gasteiger charge is -2.33. The molecule has 6 nitrogen and oxygen atoms in total. The zero-order valence-corrected chi connectivity index (χ0v) is 15.2. The van der Waals surface area contributed by atoms with E-state index >= 15 is 0 Å². The second kappa shape index (κ2) is 9.30. The zero-order valence-electron chi connectivity index (χ0n) is 15.2. The van der Waals surface area contributed by atoms with Gasteiger partial charge in [-0.1, -0.05) is 13.0 Å². The smallest absolute Gasteiger partial charge is 0.309 e. The summed E-state index contributed by atoms with van der Waals surface area (Å²) in [5.74, 6) is 1.00. The molecule has 2 rings (SSSR count). The molecule has 0 saturated carbocycles. The van der Waals surface area contributed by atoms with Gasteiger partial charge in [0, 0.05) is 19.2 Å². The van der Waals surface area contributed by atoms with Crippen molar-refractivity contribution in [2.24, 2.45) is 5.92 Å². The van der Waals surface area contributed by atoms with Gasteiger partial charge in [-0.15, -0.1) is 0 Å². The van der Waals surface area contributed by atoms with E-state index in [-0.39, 0.29) is 17.8 Å². The lowest BCUT2D eigenvalue weighted by atomic mass is 9.96. The fourth-order valence-corrected chi connectivity index (χ4v) is 2.95. The molecule has 1 aliphatic rings. The third kappa shape index (κ3) is 5.11. The molecule has 138 valence electrons. The second-order valence-electron chi connectivity index (χ2n) is 6.05. The van der Waals surface area contributed by atoms with Crippen molar-refractivity contribution in [1.82, 2.24) is 4.90 Å². The number of ether oxygens (including phenoxy) is 3. The van der Waals surface area contributed by atoms with Crippen LogP contribution in [0.2, 0.25) is 0 Å². The van der Waals surface area contributed by atoms with Gasteiger partial charge in [-0.3, -0.25) is 9.59 Å². The number of hydrogen-bond donors (Lipinski definition) is 0. The van der Waals surface area contributed by atoms with Crippen LogP contribution in [0.5, 0.6) is 11.5 Å². The van der Waals surface area contributed by atoms with Crippen LogP contribution in [-0.2, 0) is 14.3 Å². The van der Waals surface area contributed by atoms with E-state index < -0.39 is 6.10 Å². The van der Waals surface area contributed by atoms with E-state index in [1.165, 1.54) is 0 Å². The van der Waals surface area contributed by atoms with E-state index in [2.05, 4.69) is 0 Å². The van der Waals surface area contributed by atoms with Crippen LogP contribution in [-0.4, -0.2) is 49.7 Å². The van der Waals surface area contributed by atoms with Crippen molar-refractivity contribution < 1.29 is 23.8 Å². The van der Waals surface area contributed by atoms with E-state index in [1.807, 2.05) is 25.1 Å². The van der Waals surface area contributed by atoms with Gasteiger partial charge in [-0.25, -0.2) is 0 Å². The van der Waals surface area contributed by atoms with Crippen molar-refractivity contribution in [2.45, 2.75) is 39.2 Å². The number of carbonyl (C=O) groups is 2. The van der Waals surface area contributed by atoms with E-state index in [9.17, 15) is 9.59 Å². The molecular formula is C19H27NO5. The number of amides is 1. The summed E-state index contributed by atoms with van der Waals surface area (Å²) in [6, 6.07) is 7.24. The molecule has 1 amide bonds. The predicted octanol–water partition coefficient (Wildman–Crippen LogP) is 2.65. The van der Waals surface area contributed by atoms with Gasteiger partial charge in [0.25, 0.3) is 5.91 Å². The van der Waals surface area contributed by atoms with E-state index in [4.69, 9.17) is 14.2 Å². The van der Waals surface area contributed by atoms with Gasteiger partial charge >= 0.3 is 5.97 Å². The molecule has 0 radical (unpaired) electrons. The van der Waals surface area contributed by atoms with Crippen molar-refractivity contribution in [3.8, 4) is 11.5 Å². The number of carbonyl (C=O) groups excluding carboxylic acids is 2. The molecular weight excluding hydrogens is 322 g/mol. The Kier molecular flexibility index (Phi) is 7.10. The molecule has 1 aromatic carbocycles. The number of rotatable bonds is 7. The van der Waals surface area contributed by atoms with Crippen molar-refractivity contribution in [2.75, 3.05) is 26.8 Å². The minimum atomic E-state index is -0.536. The number of esters is 1. The molecule has 1 atom stereocenters. The van der Waals surface area contributed by atoms with Crippen LogP contribution in [0.3, 0.4) is 0 Å². The average Bonchev–Trinajstić information content (AvgIpc) is 2.66. The summed E-state index contributed by atoms with van der Waals surface area (Å²) in [5, 5.41) is 0. The normalized spacial score (nSPS) is 16.2. The Morgan fingerprint density at radius 3 is 2.48 bits per heavy atom. The van der Waals surface area contributed by atoms with Crippen LogP contribution in [0.4, 0.5) is 0 Å². The molecule has 0 aromatic heterocycles. The molecule has 0 spiro atoms. The number of methoxy groups -OCH3 is 1. The second-order valence-corrected chi connectivity index (χ2v) is 6.05. The van der Waals surface area contributed by atoms with Crippen LogP contribution in [0.15, 0.2) is 24.3 Å². The highest BCUT2D eigenvalue weighted by Gasteiger charge is 2.31. The highest BCUT2D eigenvalue weighted by molar-refractivity contribution is 5.81. The molecule has 1 fully saturated rings. The topological polar surface area (TPSA) is 65.1 Å². The maximum Gasteiger partial charge on any atom is 0.309 e. The third-order valence-electron chi connectivity index (χ3n) is 4.39. The van der Waals surface area contributed by atoms with E-state index in [1.54, 1.807) is 25.0 Å². The van der Waals surface area contributed by atoms with Crippen molar-refractivity contribution in [3.63, 3.8) is 0 Å². The van der Waals surface area contributed by atoms with Crippen molar-refractivity contribution in [1.29, 1.82) is 0 Å². The molecule has 25 heavy (non-hydrogen) atoms. The van der Waals surface area contributed by atoms with Gasteiger partial charge in [0.05, 0.1) is 19.6 Å². The monoisotopic (exact) mass is 349 g/mol. The summed E-state index contributed by atoms with van der Waals surface area (Å²) in [6.45, 7) is 5.23. The minimum absolute atomic E-state index is 0.0346. The molecule has 0 bridgehead atoms. The maximum absolute atomic E-state index is 12.7. The number of likely N-dealkylation sites (tertiary alicyclic amines) is 1. The highest BCUT2D eigenvalue weighted by atomic mass is 16.5. The molecule has 1 aliphatic heterocycles. The summed E-state index contributed by atoms with van der Waals surface area (Å²) in [7, 11) is 1.59. The zero-order chi connectivity index (χ0) is 18.2. The van der Waals surface area contributed by atoms with Crippen LogP contribution in [0.25, 0.3) is 0 Å². The summed E-state index contributed by atoms with van der Waals surface area (Å²) < 4.78 is 16.1. The van der Waals surface area contributed by atoms with Crippen LogP contribution >= 0.6 is 0 Å². The van der Waals surface area contributed by atoms with Gasteiger partial charge in [0.1, 0.15) is 11.5 Å². The Hall–Kier alpha value is -2.24. The lowest BCUT2D eigenvalue weighted by Crippen LogP contribution is -2.46. The van der Waals surface area contributed by atoms with Gasteiger partial charge in [0.2, 0.25) is 0 Å². The first-order chi connectivity index (χ1) is 12.1. The summed E-state index contributed by atoms with van der Waals surface area (Å²) in [4.78, 5) is 26.3. The number of benzene rings is 1. The first-order valence-electron chi connectivity index (χ1n) is 8.85. The van der Waals surface area contributed by atoms with Crippen molar-refractivity contribution >= 4 is 11.9 Å². The first kappa shape index (κ1) is 19.1. The Morgan fingerprint density at radius 1 is 1.20 bits per heavy atom. The Bertz CT molecular complexity index is 581. The molecule has 0 aliphatic carbocycles. The fraction of sp³-hybridized carbons (Fsp3) is 0.579. The minimum Gasteiger partial charge on any atom is -0.497 e. The Balaban J connectivity index is 1.92. The molecule has 1 saturated heterocycles. The van der Waals surface area contributed by atoms with Crippen LogP contribution < -0.4 is 9.47 Å². The first-order valence-corrected chi connectivity index (χ1v) is 8.85. The molecule has 1 aromatic rings. The molecule has 0 unspecified atom stereocenters. The predicted molar refractivity (Wildman–Crippen MR) is 93.6 cm³/mol. The largest absolute Gasteiger partial charge is 0.497 e. The van der Waals surface area contributed by atoms with Crippen LogP contribution in [0, 0.1) is 5.92 Å². The average molecular weight is 349 g/mol. The fourth-order valence-electron chi connectivity index (χ4n) is 2.95. The quantitative estimate of drug-likeness (QED) is 0.708. The Labute approximate surface area is 149 Å². The van der Waals surface area contributed by atoms with Crippen LogP contribution in [0.1, 0.15) is 33.1 Å². The highest BCUT2D eigenvalue weighted by Crippen LogP contribution is 2.23. The summed E-state index contributed by atoms with van der Waals surface area (Å²) >= 11 is 0. The summed E-state index contributed by atoms with van der Waals surface area (Å²) in [6.07, 6.45) is 1.32. The Morgan fingerprint density at radius 2 is 1.88 bits per heavy atom. The third-order valence-corrected chi connectivity index (χ3v) is 4.39. The molecule has 0 N–H and O–H groups in total. The number of piperidine rings is 1. The maximum atomic E-state index is 12.7. The SMILES string of the molecule is CCOC(=O)C1CCN(C(=O)[C@H](CC)Oc2cccc(OC)c2)CC1. The van der Waals surface area contributed by atoms with E-state index in [0.29, 0.717) is 50.5 Å². The van der Waals surface area contributed by atoms with Crippen molar-refractivity contribution in [3.05, 3.63) is 24.3 Å². The number of hydrogen-bond acceptors (Lipinski definition) is 5. The summed E-state index contributed by atoms with van der Waals surface area (Å²) in [5.41, 5.74) is 0.